The first-order chi connectivity index (χ1) is 17.4. The van der Waals surface area contributed by atoms with E-state index in [9.17, 15) is 14.4 Å². The summed E-state index contributed by atoms with van der Waals surface area (Å²) in [4.78, 5) is 43.7. The molecule has 0 spiro atoms. The van der Waals surface area contributed by atoms with Crippen LogP contribution in [0.25, 0.3) is 43.6 Å². The fourth-order valence-corrected chi connectivity index (χ4v) is 4.37. The molecule has 9 heteroatoms. The van der Waals surface area contributed by atoms with Gasteiger partial charge < -0.3 is 28.9 Å². The fourth-order valence-electron chi connectivity index (χ4n) is 4.37. The van der Waals surface area contributed by atoms with Gasteiger partial charge in [0.1, 0.15) is 0 Å². The standard InChI is InChI=1S/C27H24N2O7/c1-4-33-25(30)14-7-9-20-16(11-14)18-13-19-17-12-15(26(31)34-5-2)8-10-21(17)29-23(19)24(22(18)28-20)36-27(32)35-6-3/h7-13,28-29H,4-6H2,1-3H3. The molecule has 3 aromatic carbocycles. The summed E-state index contributed by atoms with van der Waals surface area (Å²) >= 11 is 0. The summed E-state index contributed by atoms with van der Waals surface area (Å²) in [5, 5.41) is 2.96. The van der Waals surface area contributed by atoms with E-state index >= 15 is 0 Å². The highest BCUT2D eigenvalue weighted by Crippen LogP contribution is 2.41. The van der Waals surface area contributed by atoms with Crippen molar-refractivity contribution in [3.63, 3.8) is 0 Å². The van der Waals surface area contributed by atoms with E-state index in [1.165, 1.54) is 0 Å². The van der Waals surface area contributed by atoms with Crippen LogP contribution in [0.1, 0.15) is 41.5 Å². The minimum Gasteiger partial charge on any atom is -0.462 e. The average Bonchev–Trinajstić information content (AvgIpc) is 3.42. The largest absolute Gasteiger partial charge is 0.513 e. The van der Waals surface area contributed by atoms with Crippen LogP contribution >= 0.6 is 0 Å². The van der Waals surface area contributed by atoms with Gasteiger partial charge in [0.2, 0.25) is 0 Å². The molecule has 0 radical (unpaired) electrons. The van der Waals surface area contributed by atoms with Gasteiger partial charge in [-0.3, -0.25) is 0 Å². The number of ether oxygens (including phenoxy) is 4. The Hall–Kier alpha value is -4.53. The molecule has 0 aliphatic rings. The number of hydrogen-bond acceptors (Lipinski definition) is 7. The molecule has 36 heavy (non-hydrogen) atoms. The number of hydrogen-bond donors (Lipinski definition) is 2. The van der Waals surface area contributed by atoms with E-state index in [1.807, 2.05) is 6.07 Å². The van der Waals surface area contributed by atoms with Crippen molar-refractivity contribution in [1.29, 1.82) is 0 Å². The molecule has 0 fully saturated rings. The summed E-state index contributed by atoms with van der Waals surface area (Å²) < 4.78 is 21.0. The van der Waals surface area contributed by atoms with Crippen LogP contribution in [0.4, 0.5) is 4.79 Å². The maximum atomic E-state index is 12.4. The predicted molar refractivity (Wildman–Crippen MR) is 135 cm³/mol. The maximum absolute atomic E-state index is 12.4. The van der Waals surface area contributed by atoms with Crippen LogP contribution in [-0.2, 0) is 14.2 Å². The summed E-state index contributed by atoms with van der Waals surface area (Å²) in [7, 11) is 0. The van der Waals surface area contributed by atoms with Crippen molar-refractivity contribution in [2.45, 2.75) is 20.8 Å². The molecule has 2 N–H and O–H groups in total. The number of benzene rings is 3. The second kappa shape index (κ2) is 9.26. The molecule has 0 bridgehead atoms. The summed E-state index contributed by atoms with van der Waals surface area (Å²) in [6.07, 6.45) is -0.844. The lowest BCUT2D eigenvalue weighted by atomic mass is 10.0. The SMILES string of the molecule is CCOC(=O)Oc1c2[nH]c3ccc(C(=O)OCC)cc3c2cc2c1[nH]c1ccc(C(=O)OCC)cc12. The number of esters is 2. The van der Waals surface area contributed by atoms with Gasteiger partial charge in [-0.15, -0.1) is 0 Å². The Morgan fingerprint density at radius 1 is 0.639 bits per heavy atom. The van der Waals surface area contributed by atoms with E-state index in [0.29, 0.717) is 22.2 Å². The summed E-state index contributed by atoms with van der Waals surface area (Å²) in [5.74, 6) is -0.600. The highest BCUT2D eigenvalue weighted by atomic mass is 16.7. The zero-order valence-corrected chi connectivity index (χ0v) is 20.0. The molecular formula is C27H24N2O7. The molecule has 2 aromatic heterocycles. The van der Waals surface area contributed by atoms with Crippen molar-refractivity contribution in [1.82, 2.24) is 9.97 Å². The monoisotopic (exact) mass is 488 g/mol. The van der Waals surface area contributed by atoms with Crippen molar-refractivity contribution in [2.24, 2.45) is 0 Å². The molecule has 0 aliphatic heterocycles. The van der Waals surface area contributed by atoms with Crippen molar-refractivity contribution in [2.75, 3.05) is 19.8 Å². The molecule has 0 amide bonds. The van der Waals surface area contributed by atoms with Crippen LogP contribution < -0.4 is 4.74 Å². The Morgan fingerprint density at radius 2 is 1.11 bits per heavy atom. The third-order valence-electron chi connectivity index (χ3n) is 5.89. The topological polar surface area (TPSA) is 120 Å². The highest BCUT2D eigenvalue weighted by molar-refractivity contribution is 6.22. The van der Waals surface area contributed by atoms with Crippen LogP contribution in [-0.4, -0.2) is 47.9 Å². The molecule has 0 unspecified atom stereocenters. The Bertz CT molecular complexity index is 1550. The van der Waals surface area contributed by atoms with Crippen molar-refractivity contribution in [3.8, 4) is 5.75 Å². The van der Waals surface area contributed by atoms with Gasteiger partial charge in [-0.25, -0.2) is 14.4 Å². The van der Waals surface area contributed by atoms with Gasteiger partial charge in [0.25, 0.3) is 0 Å². The smallest absolute Gasteiger partial charge is 0.462 e. The van der Waals surface area contributed by atoms with Gasteiger partial charge in [-0.05, 0) is 63.2 Å². The minimum absolute atomic E-state index is 0.156. The van der Waals surface area contributed by atoms with Gasteiger partial charge in [0.05, 0.1) is 42.0 Å². The maximum Gasteiger partial charge on any atom is 0.513 e. The lowest BCUT2D eigenvalue weighted by Gasteiger charge is -2.07. The lowest BCUT2D eigenvalue weighted by molar-refractivity contribution is 0.0517. The zero-order chi connectivity index (χ0) is 25.4. The Kier molecular flexibility index (Phi) is 5.97. The number of nitrogens with one attached hydrogen (secondary N) is 2. The quantitative estimate of drug-likeness (QED) is 0.175. The van der Waals surface area contributed by atoms with Crippen molar-refractivity contribution >= 4 is 61.7 Å². The van der Waals surface area contributed by atoms with Crippen LogP contribution in [0.3, 0.4) is 0 Å². The zero-order valence-electron chi connectivity index (χ0n) is 20.0. The van der Waals surface area contributed by atoms with Gasteiger partial charge in [0, 0.05) is 32.6 Å². The van der Waals surface area contributed by atoms with E-state index in [-0.39, 0.29) is 25.6 Å². The average molecular weight is 488 g/mol. The van der Waals surface area contributed by atoms with E-state index in [1.54, 1.807) is 57.2 Å². The third-order valence-corrected chi connectivity index (χ3v) is 5.89. The molecule has 184 valence electrons. The molecule has 2 heterocycles. The Balaban J connectivity index is 1.81. The van der Waals surface area contributed by atoms with E-state index in [4.69, 9.17) is 18.9 Å². The first kappa shape index (κ1) is 23.2. The number of carbonyl (C=O) groups is 3. The molecule has 0 atom stereocenters. The van der Waals surface area contributed by atoms with Crippen molar-refractivity contribution < 1.29 is 33.3 Å². The molecule has 0 aliphatic carbocycles. The summed E-state index contributed by atoms with van der Waals surface area (Å²) in [6, 6.07) is 12.3. The second-order valence-electron chi connectivity index (χ2n) is 8.05. The van der Waals surface area contributed by atoms with Gasteiger partial charge >= 0.3 is 18.1 Å². The Labute approximate surface area is 205 Å². The van der Waals surface area contributed by atoms with E-state index in [2.05, 4.69) is 9.97 Å². The van der Waals surface area contributed by atoms with Crippen molar-refractivity contribution in [3.05, 3.63) is 53.6 Å². The predicted octanol–water partition coefficient (Wildman–Crippen LogP) is 5.84. The lowest BCUT2D eigenvalue weighted by Crippen LogP contribution is -2.10. The normalized spacial score (nSPS) is 11.3. The number of aromatic amines is 2. The first-order valence-electron chi connectivity index (χ1n) is 11.7. The highest BCUT2D eigenvalue weighted by Gasteiger charge is 2.22. The molecular weight excluding hydrogens is 464 g/mol. The van der Waals surface area contributed by atoms with Crippen LogP contribution in [0.15, 0.2) is 42.5 Å². The summed E-state index contributed by atoms with van der Waals surface area (Å²) in [5.41, 5.74) is 3.42. The number of carbonyl (C=O) groups excluding carboxylic acids is 3. The third kappa shape index (κ3) is 3.88. The molecule has 0 saturated heterocycles. The van der Waals surface area contributed by atoms with Gasteiger partial charge in [-0.1, -0.05) is 0 Å². The number of H-pyrrole nitrogens is 2. The van der Waals surface area contributed by atoms with Gasteiger partial charge in [-0.2, -0.15) is 0 Å². The van der Waals surface area contributed by atoms with E-state index < -0.39 is 18.1 Å². The van der Waals surface area contributed by atoms with Crippen LogP contribution in [0.5, 0.6) is 5.75 Å². The molecule has 9 nitrogen and oxygen atoms in total. The first-order valence-corrected chi connectivity index (χ1v) is 11.7. The fraction of sp³-hybridized carbons (Fsp3) is 0.222. The van der Waals surface area contributed by atoms with Gasteiger partial charge in [0.15, 0.2) is 5.75 Å². The molecule has 0 saturated carbocycles. The van der Waals surface area contributed by atoms with E-state index in [0.717, 1.165) is 32.6 Å². The number of fused-ring (bicyclic) bond motifs is 6. The van der Waals surface area contributed by atoms with Crippen LogP contribution in [0, 0.1) is 0 Å². The second-order valence-corrected chi connectivity index (χ2v) is 8.05. The molecule has 5 rings (SSSR count). The Morgan fingerprint density at radius 3 is 1.56 bits per heavy atom. The van der Waals surface area contributed by atoms with Crippen LogP contribution in [0.2, 0.25) is 0 Å². The minimum atomic E-state index is -0.844. The number of aromatic nitrogens is 2. The molecule has 5 aromatic rings. The summed E-state index contributed by atoms with van der Waals surface area (Å²) in [6.45, 7) is 5.88. The number of rotatable bonds is 6.